The highest BCUT2D eigenvalue weighted by atomic mass is 32.2. The van der Waals surface area contributed by atoms with Gasteiger partial charge in [0.25, 0.3) is 0 Å². The van der Waals surface area contributed by atoms with Crippen LogP contribution in [0.1, 0.15) is 48.5 Å². The van der Waals surface area contributed by atoms with Gasteiger partial charge >= 0.3 is 10.2 Å². The van der Waals surface area contributed by atoms with E-state index in [0.29, 0.717) is 61.4 Å². The maximum absolute atomic E-state index is 15.6. The second kappa shape index (κ2) is 17.6. The number of ketones is 1. The molecular formula is C44H46F3N9O7S. The molecule has 3 amide bonds. The number of pyridine rings is 1. The highest BCUT2D eigenvalue weighted by molar-refractivity contribution is 7.90. The Morgan fingerprint density at radius 3 is 2.41 bits per heavy atom. The lowest BCUT2D eigenvalue weighted by atomic mass is 9.98. The van der Waals surface area contributed by atoms with Gasteiger partial charge in [-0.3, -0.25) is 29.2 Å². The fourth-order valence-corrected chi connectivity index (χ4v) is 9.21. The number of carbonyl (C=O) groups excluding carboxylic acids is 4. The van der Waals surface area contributed by atoms with Gasteiger partial charge in [-0.15, -0.1) is 0 Å². The summed E-state index contributed by atoms with van der Waals surface area (Å²) in [7, 11) is -2.87. The topological polar surface area (TPSA) is 200 Å². The molecule has 336 valence electrons. The van der Waals surface area contributed by atoms with Crippen molar-refractivity contribution >= 4 is 67.5 Å². The summed E-state index contributed by atoms with van der Waals surface area (Å²) in [6.07, 6.45) is 3.55. The van der Waals surface area contributed by atoms with Gasteiger partial charge in [-0.1, -0.05) is 19.1 Å². The predicted molar refractivity (Wildman–Crippen MR) is 234 cm³/mol. The number of β-amino-alcohol motifs (C(OH)–C–C–N with tert-alkyl or cyclic N) is 1. The molecule has 0 saturated carbocycles. The molecule has 0 bridgehead atoms. The molecule has 16 nitrogen and oxygen atoms in total. The van der Waals surface area contributed by atoms with E-state index in [2.05, 4.69) is 30.2 Å². The average Bonchev–Trinajstić information content (AvgIpc) is 3.88. The SMILES string of the molecule is CCN(C)S(=O)(=O)Nc1ccc(F)c(C(=O)c2c[nH]c3ncc(-c4ccc(N5CCN(C(=O)CC6(O)CCN(c7ccc(N[C@H]8CCC(=O)NC8=O)cc7F)C6)CC5)cc4)cc23)c1F. The number of rotatable bonds is 13. The minimum absolute atomic E-state index is 0.0592. The van der Waals surface area contributed by atoms with E-state index < -0.39 is 62.2 Å². The minimum Gasteiger partial charge on any atom is -0.387 e. The van der Waals surface area contributed by atoms with Gasteiger partial charge < -0.3 is 30.1 Å². The number of aliphatic hydroxyl groups is 1. The van der Waals surface area contributed by atoms with Gasteiger partial charge in [0, 0.05) is 99.6 Å². The lowest BCUT2D eigenvalue weighted by Gasteiger charge is -2.37. The second-order valence-corrected chi connectivity index (χ2v) is 18.0. The van der Waals surface area contributed by atoms with E-state index in [1.54, 1.807) is 41.1 Å². The number of nitrogens with zero attached hydrogens (tertiary/aromatic N) is 5. The highest BCUT2D eigenvalue weighted by Gasteiger charge is 2.40. The molecule has 8 rings (SSSR count). The van der Waals surface area contributed by atoms with Gasteiger partial charge in [0.1, 0.15) is 23.3 Å². The van der Waals surface area contributed by atoms with Gasteiger partial charge in [-0.2, -0.15) is 12.7 Å². The van der Waals surface area contributed by atoms with Crippen LogP contribution in [0.3, 0.4) is 0 Å². The van der Waals surface area contributed by atoms with Crippen LogP contribution in [0, 0.1) is 17.5 Å². The van der Waals surface area contributed by atoms with Crippen molar-refractivity contribution in [2.45, 2.75) is 44.2 Å². The molecule has 1 unspecified atom stereocenters. The standard InChI is InChI=1S/C44H46F3N9O7S/c1-3-53(2)64(62,63)52-34-10-9-32(45)39(40(34)47)41(59)31-24-49-42-30(31)20-27(23-48-42)26-4-7-29(8-5-26)54-16-18-55(19-17-54)38(58)22-44(61)14-15-56(25-44)36-12-6-28(21-33(36)46)50-35-11-13-37(57)51-43(35)60/h4-10,12,20-21,23-24,35,50,52,61H,3,11,13-19,22,25H2,1-2H3,(H,48,49)(H,51,57,60)/t35-,44?/m0/s1. The zero-order valence-electron chi connectivity index (χ0n) is 35.0. The number of halogens is 3. The van der Waals surface area contributed by atoms with E-state index in [1.165, 1.54) is 19.3 Å². The number of aromatic nitrogens is 2. The number of fused-ring (bicyclic) bond motifs is 1. The van der Waals surface area contributed by atoms with Gasteiger partial charge in [0.2, 0.25) is 23.5 Å². The third kappa shape index (κ3) is 8.97. The number of hydrogen-bond donors (Lipinski definition) is 5. The molecule has 3 saturated heterocycles. The zero-order valence-corrected chi connectivity index (χ0v) is 35.8. The van der Waals surface area contributed by atoms with Gasteiger partial charge in [-0.25, -0.2) is 18.2 Å². The first-order valence-electron chi connectivity index (χ1n) is 20.8. The number of anilines is 4. The number of piperazine rings is 1. The van der Waals surface area contributed by atoms with Crippen molar-refractivity contribution in [3.05, 3.63) is 102 Å². The zero-order chi connectivity index (χ0) is 45.5. The number of amides is 3. The maximum atomic E-state index is 15.6. The Labute approximate surface area is 366 Å². The average molecular weight is 902 g/mol. The van der Waals surface area contributed by atoms with E-state index in [9.17, 15) is 32.7 Å². The number of benzene rings is 3. The van der Waals surface area contributed by atoms with Crippen molar-refractivity contribution in [3.63, 3.8) is 0 Å². The second-order valence-electron chi connectivity index (χ2n) is 16.3. The summed E-state index contributed by atoms with van der Waals surface area (Å²) < 4.78 is 74.0. The molecule has 5 aromatic rings. The number of imide groups is 1. The number of H-pyrrole nitrogens is 1. The van der Waals surface area contributed by atoms with Crippen molar-refractivity contribution in [1.82, 2.24) is 24.5 Å². The number of hydrogen-bond acceptors (Lipinski definition) is 11. The first kappa shape index (κ1) is 44.1. The summed E-state index contributed by atoms with van der Waals surface area (Å²) in [6.45, 7) is 4.01. The lowest BCUT2D eigenvalue weighted by molar-refractivity contribution is -0.136. The Bertz CT molecular complexity index is 2760. The van der Waals surface area contributed by atoms with Gasteiger partial charge in [-0.05, 0) is 66.9 Å². The molecule has 5 N–H and O–H groups in total. The molecule has 0 aliphatic carbocycles. The van der Waals surface area contributed by atoms with Crippen LogP contribution < -0.4 is 25.2 Å². The summed E-state index contributed by atoms with van der Waals surface area (Å²) in [5.74, 6) is -5.06. The number of nitrogens with one attached hydrogen (secondary N) is 4. The summed E-state index contributed by atoms with van der Waals surface area (Å²) in [4.78, 5) is 63.5. The summed E-state index contributed by atoms with van der Waals surface area (Å²) in [5.41, 5.74) is 0.336. The Kier molecular flexibility index (Phi) is 12.1. The smallest absolute Gasteiger partial charge is 0.301 e. The van der Waals surface area contributed by atoms with Crippen molar-refractivity contribution in [3.8, 4) is 11.1 Å². The number of carbonyl (C=O) groups is 4. The van der Waals surface area contributed by atoms with Crippen LogP contribution in [-0.2, 0) is 24.6 Å². The van der Waals surface area contributed by atoms with Crippen LogP contribution in [0.4, 0.5) is 35.9 Å². The van der Waals surface area contributed by atoms with Crippen LogP contribution in [0.2, 0.25) is 0 Å². The van der Waals surface area contributed by atoms with Gasteiger partial charge in [0.15, 0.2) is 5.82 Å². The minimum atomic E-state index is -4.16. The van der Waals surface area contributed by atoms with Crippen LogP contribution in [0.25, 0.3) is 22.2 Å². The van der Waals surface area contributed by atoms with Crippen molar-refractivity contribution in [2.75, 3.05) is 72.7 Å². The third-order valence-electron chi connectivity index (χ3n) is 12.1. The van der Waals surface area contributed by atoms with Crippen LogP contribution in [0.15, 0.2) is 73.1 Å². The number of piperidine rings is 1. The van der Waals surface area contributed by atoms with Crippen LogP contribution in [-0.4, -0.2) is 121 Å². The summed E-state index contributed by atoms with van der Waals surface area (Å²) in [6, 6.07) is 14.8. The van der Waals surface area contributed by atoms with E-state index in [4.69, 9.17) is 0 Å². The Balaban J connectivity index is 0.869. The fraction of sp³-hybridized carbons (Fsp3) is 0.341. The molecule has 2 atom stereocenters. The molecule has 20 heteroatoms. The molecule has 5 heterocycles. The molecule has 0 spiro atoms. The quantitative estimate of drug-likeness (QED) is 0.0830. The summed E-state index contributed by atoms with van der Waals surface area (Å²) in [5, 5.41) is 17.0. The van der Waals surface area contributed by atoms with E-state index in [1.807, 2.05) is 24.3 Å². The van der Waals surface area contributed by atoms with E-state index in [-0.39, 0.29) is 55.4 Å². The number of aromatic amines is 1. The third-order valence-corrected chi connectivity index (χ3v) is 13.6. The molecule has 3 aliphatic rings. The maximum Gasteiger partial charge on any atom is 0.301 e. The molecule has 2 aromatic heterocycles. The van der Waals surface area contributed by atoms with Crippen molar-refractivity contribution in [2.24, 2.45) is 0 Å². The van der Waals surface area contributed by atoms with Crippen LogP contribution in [0.5, 0.6) is 0 Å². The Morgan fingerprint density at radius 2 is 1.70 bits per heavy atom. The Hall–Kier alpha value is -6.51. The van der Waals surface area contributed by atoms with Crippen molar-refractivity contribution in [1.29, 1.82) is 0 Å². The monoisotopic (exact) mass is 901 g/mol. The Morgan fingerprint density at radius 1 is 0.953 bits per heavy atom. The van der Waals surface area contributed by atoms with Gasteiger partial charge in [0.05, 0.1) is 29.0 Å². The first-order chi connectivity index (χ1) is 30.5. The fourth-order valence-electron chi connectivity index (χ4n) is 8.27. The van der Waals surface area contributed by atoms with Crippen LogP contribution >= 0.6 is 0 Å². The highest BCUT2D eigenvalue weighted by Crippen LogP contribution is 2.34. The first-order valence-corrected chi connectivity index (χ1v) is 22.2. The van der Waals surface area contributed by atoms with Crippen molar-refractivity contribution < 1.29 is 45.9 Å². The summed E-state index contributed by atoms with van der Waals surface area (Å²) >= 11 is 0. The molecule has 0 radical (unpaired) electrons. The van der Waals surface area contributed by atoms with E-state index >= 15 is 13.2 Å². The molecule has 64 heavy (non-hydrogen) atoms. The molecular weight excluding hydrogens is 856 g/mol. The molecule has 3 fully saturated rings. The molecule has 3 aromatic carbocycles. The largest absolute Gasteiger partial charge is 0.387 e. The van der Waals surface area contributed by atoms with E-state index in [0.717, 1.165) is 27.7 Å². The normalized spacial score (nSPS) is 19.4. The lowest BCUT2D eigenvalue weighted by Crippen LogP contribution is -2.50. The molecule has 3 aliphatic heterocycles. The predicted octanol–water partition coefficient (Wildman–Crippen LogP) is 4.38.